The molecule has 0 bridgehead atoms. The third-order valence-electron chi connectivity index (χ3n) is 3.96. The number of para-hydroxylation sites is 1. The van der Waals surface area contributed by atoms with Gasteiger partial charge in [0.2, 0.25) is 0 Å². The van der Waals surface area contributed by atoms with Gasteiger partial charge in [0.1, 0.15) is 11.9 Å². The Hall–Kier alpha value is -2.47. The summed E-state index contributed by atoms with van der Waals surface area (Å²) in [7, 11) is 0. The molecule has 1 saturated heterocycles. The highest BCUT2D eigenvalue weighted by Crippen LogP contribution is 2.31. The summed E-state index contributed by atoms with van der Waals surface area (Å²) in [6.45, 7) is 1.32. The summed E-state index contributed by atoms with van der Waals surface area (Å²) in [4.78, 5) is 18.6. The molecule has 1 aliphatic rings. The van der Waals surface area contributed by atoms with Crippen LogP contribution in [0.2, 0.25) is 0 Å². The number of nitrogens with zero attached hydrogens (tertiary/aromatic N) is 2. The lowest BCUT2D eigenvalue weighted by Gasteiger charge is -2.38. The number of carbonyl (C=O) groups is 1. The molecule has 4 rings (SSSR count). The average Bonchev–Trinajstić information content (AvgIpc) is 2.96. The van der Waals surface area contributed by atoms with Gasteiger partial charge in [0.25, 0.3) is 0 Å². The fourth-order valence-corrected chi connectivity index (χ4v) is 3.64. The van der Waals surface area contributed by atoms with E-state index in [-0.39, 0.29) is 24.3 Å². The maximum Gasteiger partial charge on any atom is 0.310 e. The van der Waals surface area contributed by atoms with Crippen molar-refractivity contribution in [3.63, 3.8) is 0 Å². The van der Waals surface area contributed by atoms with Crippen LogP contribution in [0.5, 0.6) is 0 Å². The molecule has 6 heteroatoms. The first-order valence-electron chi connectivity index (χ1n) is 7.72. The second-order valence-corrected chi connectivity index (χ2v) is 6.79. The van der Waals surface area contributed by atoms with Crippen LogP contribution in [0.1, 0.15) is 5.56 Å². The van der Waals surface area contributed by atoms with E-state index in [1.54, 1.807) is 23.5 Å². The SMILES string of the molecule is O=C(Cc1ccc(F)cc1)OC1CN(c2nc3ccccc3s2)C1. The molecule has 0 atom stereocenters. The van der Waals surface area contributed by atoms with Gasteiger partial charge in [0.15, 0.2) is 5.13 Å². The summed E-state index contributed by atoms with van der Waals surface area (Å²) in [5, 5.41) is 0.960. The largest absolute Gasteiger partial charge is 0.458 e. The van der Waals surface area contributed by atoms with Crippen LogP contribution in [0.3, 0.4) is 0 Å². The van der Waals surface area contributed by atoms with Crippen molar-refractivity contribution in [3.05, 3.63) is 59.9 Å². The molecule has 0 spiro atoms. The van der Waals surface area contributed by atoms with Crippen LogP contribution in [0.15, 0.2) is 48.5 Å². The molecule has 1 fully saturated rings. The van der Waals surface area contributed by atoms with Crippen LogP contribution in [0.4, 0.5) is 9.52 Å². The number of anilines is 1. The van der Waals surface area contributed by atoms with Gasteiger partial charge in [-0.25, -0.2) is 9.37 Å². The van der Waals surface area contributed by atoms with E-state index in [4.69, 9.17) is 4.74 Å². The number of fused-ring (bicyclic) bond motifs is 1. The molecule has 1 aromatic heterocycles. The number of thiazole rings is 1. The second kappa shape index (κ2) is 6.20. The molecular weight excluding hydrogens is 327 g/mol. The zero-order valence-corrected chi connectivity index (χ0v) is 13.6. The van der Waals surface area contributed by atoms with Crippen LogP contribution in [0, 0.1) is 5.82 Å². The van der Waals surface area contributed by atoms with E-state index < -0.39 is 0 Å². The first kappa shape index (κ1) is 15.1. The van der Waals surface area contributed by atoms with E-state index in [0.29, 0.717) is 13.1 Å². The van der Waals surface area contributed by atoms with Gasteiger partial charge in [-0.15, -0.1) is 0 Å². The Morgan fingerprint density at radius 2 is 1.96 bits per heavy atom. The summed E-state index contributed by atoms with van der Waals surface area (Å²) in [6, 6.07) is 13.9. The number of esters is 1. The van der Waals surface area contributed by atoms with E-state index in [2.05, 4.69) is 16.0 Å². The molecule has 0 amide bonds. The molecule has 0 radical (unpaired) electrons. The van der Waals surface area contributed by atoms with Gasteiger partial charge in [-0.2, -0.15) is 0 Å². The highest BCUT2D eigenvalue weighted by atomic mass is 32.1. The molecule has 0 unspecified atom stereocenters. The Balaban J connectivity index is 1.31. The minimum Gasteiger partial charge on any atom is -0.458 e. The maximum atomic E-state index is 12.9. The summed E-state index contributed by atoms with van der Waals surface area (Å²) in [5.41, 5.74) is 1.75. The number of rotatable bonds is 4. The first-order chi connectivity index (χ1) is 11.7. The molecular formula is C18H15FN2O2S. The van der Waals surface area contributed by atoms with Crippen molar-refractivity contribution >= 4 is 32.7 Å². The van der Waals surface area contributed by atoms with Gasteiger partial charge in [-0.3, -0.25) is 4.79 Å². The zero-order valence-electron chi connectivity index (χ0n) is 12.8. The van der Waals surface area contributed by atoms with Crippen molar-refractivity contribution in [2.75, 3.05) is 18.0 Å². The van der Waals surface area contributed by atoms with Crippen LogP contribution in [-0.4, -0.2) is 30.1 Å². The Labute approximate surface area is 142 Å². The molecule has 4 nitrogen and oxygen atoms in total. The summed E-state index contributed by atoms with van der Waals surface area (Å²) in [6.07, 6.45) is 0.0581. The number of benzene rings is 2. The summed E-state index contributed by atoms with van der Waals surface area (Å²) < 4.78 is 19.5. The monoisotopic (exact) mass is 342 g/mol. The summed E-state index contributed by atoms with van der Waals surface area (Å²) in [5.74, 6) is -0.590. The minimum atomic E-state index is -0.308. The van der Waals surface area contributed by atoms with Crippen LogP contribution < -0.4 is 4.90 Å². The standard InChI is InChI=1S/C18H15FN2O2S/c19-13-7-5-12(6-8-13)9-17(22)23-14-10-21(11-14)18-20-15-3-1-2-4-16(15)24-18/h1-8,14H,9-11H2. The summed E-state index contributed by atoms with van der Waals surface area (Å²) >= 11 is 1.64. The third kappa shape index (κ3) is 3.10. The lowest BCUT2D eigenvalue weighted by atomic mass is 10.1. The topological polar surface area (TPSA) is 42.4 Å². The normalized spacial score (nSPS) is 14.6. The number of aromatic nitrogens is 1. The molecule has 2 aromatic carbocycles. The number of ether oxygens (including phenoxy) is 1. The number of hydrogen-bond acceptors (Lipinski definition) is 5. The smallest absolute Gasteiger partial charge is 0.310 e. The number of hydrogen-bond donors (Lipinski definition) is 0. The van der Waals surface area contributed by atoms with Gasteiger partial charge >= 0.3 is 5.97 Å². The average molecular weight is 342 g/mol. The molecule has 24 heavy (non-hydrogen) atoms. The predicted molar refractivity (Wildman–Crippen MR) is 91.8 cm³/mol. The Kier molecular flexibility index (Phi) is 3.90. The fraction of sp³-hybridized carbons (Fsp3) is 0.222. The van der Waals surface area contributed by atoms with Gasteiger partial charge in [-0.1, -0.05) is 35.6 Å². The molecule has 3 aromatic rings. The number of carbonyl (C=O) groups excluding carboxylic acids is 1. The van der Waals surface area contributed by atoms with E-state index in [0.717, 1.165) is 20.9 Å². The van der Waals surface area contributed by atoms with Gasteiger partial charge in [-0.05, 0) is 29.8 Å². The highest BCUT2D eigenvalue weighted by Gasteiger charge is 2.32. The third-order valence-corrected chi connectivity index (χ3v) is 5.06. The zero-order chi connectivity index (χ0) is 16.5. The predicted octanol–water partition coefficient (Wildman–Crippen LogP) is 3.41. The van der Waals surface area contributed by atoms with Crippen molar-refractivity contribution in [1.82, 2.24) is 4.98 Å². The Morgan fingerprint density at radius 1 is 1.21 bits per heavy atom. The highest BCUT2D eigenvalue weighted by molar-refractivity contribution is 7.22. The van der Waals surface area contributed by atoms with E-state index in [1.807, 2.05) is 18.2 Å². The lowest BCUT2D eigenvalue weighted by Crippen LogP contribution is -2.53. The fourth-order valence-electron chi connectivity index (χ4n) is 2.66. The van der Waals surface area contributed by atoms with Crippen LogP contribution >= 0.6 is 11.3 Å². The first-order valence-corrected chi connectivity index (χ1v) is 8.53. The van der Waals surface area contributed by atoms with Crippen molar-refractivity contribution < 1.29 is 13.9 Å². The van der Waals surface area contributed by atoms with Crippen LogP contribution in [-0.2, 0) is 16.0 Å². The van der Waals surface area contributed by atoms with Gasteiger partial charge < -0.3 is 9.64 Å². The second-order valence-electron chi connectivity index (χ2n) is 5.78. The van der Waals surface area contributed by atoms with E-state index in [9.17, 15) is 9.18 Å². The van der Waals surface area contributed by atoms with Crippen molar-refractivity contribution in [2.45, 2.75) is 12.5 Å². The van der Waals surface area contributed by atoms with Gasteiger partial charge in [0.05, 0.1) is 29.7 Å². The maximum absolute atomic E-state index is 12.9. The quantitative estimate of drug-likeness (QED) is 0.682. The molecule has 122 valence electrons. The Morgan fingerprint density at radius 3 is 2.71 bits per heavy atom. The van der Waals surface area contributed by atoms with Crippen LogP contribution in [0.25, 0.3) is 10.2 Å². The molecule has 1 aliphatic heterocycles. The molecule has 0 N–H and O–H groups in total. The molecule has 0 saturated carbocycles. The van der Waals surface area contributed by atoms with Crippen molar-refractivity contribution in [1.29, 1.82) is 0 Å². The lowest BCUT2D eigenvalue weighted by molar-refractivity contribution is -0.149. The van der Waals surface area contributed by atoms with Crippen molar-refractivity contribution in [3.8, 4) is 0 Å². The van der Waals surface area contributed by atoms with E-state index in [1.165, 1.54) is 12.1 Å². The minimum absolute atomic E-state index is 0.107. The Bertz CT molecular complexity index is 839. The van der Waals surface area contributed by atoms with E-state index >= 15 is 0 Å². The molecule has 2 heterocycles. The van der Waals surface area contributed by atoms with Gasteiger partial charge in [0, 0.05) is 0 Å². The number of halogens is 1. The van der Waals surface area contributed by atoms with Crippen molar-refractivity contribution in [2.24, 2.45) is 0 Å². The molecule has 0 aliphatic carbocycles.